The van der Waals surface area contributed by atoms with Gasteiger partial charge in [-0.2, -0.15) is 4.99 Å². The van der Waals surface area contributed by atoms with E-state index in [1.165, 1.54) is 29.7 Å². The topological polar surface area (TPSA) is 117 Å². The fourth-order valence-electron chi connectivity index (χ4n) is 3.48. The number of rotatable bonds is 6. The van der Waals surface area contributed by atoms with Crippen LogP contribution < -0.4 is 15.5 Å². The number of carbonyl (C=O) groups excluding carboxylic acids is 4. The number of amides is 4. The molecule has 9 nitrogen and oxygen atoms in total. The van der Waals surface area contributed by atoms with E-state index in [0.717, 1.165) is 5.56 Å². The van der Waals surface area contributed by atoms with Gasteiger partial charge in [0.05, 0.1) is 18.8 Å². The Morgan fingerprint density at radius 1 is 1.24 bits per heavy atom. The third kappa shape index (κ3) is 5.60. The Bertz CT molecular complexity index is 1180. The van der Waals surface area contributed by atoms with Gasteiger partial charge in [-0.1, -0.05) is 36.0 Å². The molecule has 1 fully saturated rings. The minimum Gasteiger partial charge on any atom is -0.442 e. The van der Waals surface area contributed by atoms with E-state index in [0.29, 0.717) is 22.6 Å². The van der Waals surface area contributed by atoms with Gasteiger partial charge in [-0.05, 0) is 29.3 Å². The molecule has 176 valence electrons. The molecule has 0 bridgehead atoms. The average Bonchev–Trinajstić information content (AvgIpc) is 3.16. The van der Waals surface area contributed by atoms with Gasteiger partial charge in [-0.3, -0.25) is 19.3 Å². The molecule has 4 rings (SSSR count). The lowest BCUT2D eigenvalue weighted by Crippen LogP contribution is -2.34. The third-order valence-electron chi connectivity index (χ3n) is 5.14. The summed E-state index contributed by atoms with van der Waals surface area (Å²) in [6, 6.07) is 11.7. The maximum atomic E-state index is 14.9. The van der Waals surface area contributed by atoms with Gasteiger partial charge in [0.15, 0.2) is 5.17 Å². The number of nitrogens with one attached hydrogen (secondary N) is 2. The molecular weight excluding hydrogens is 463 g/mol. The summed E-state index contributed by atoms with van der Waals surface area (Å²) in [5.41, 5.74) is 2.31. The number of ether oxygens (including phenoxy) is 1. The minimum absolute atomic E-state index is 0.193. The summed E-state index contributed by atoms with van der Waals surface area (Å²) >= 11 is 1.23. The molecular formula is C23H21FN4O5S. The fourth-order valence-corrected chi connectivity index (χ4v) is 4.33. The van der Waals surface area contributed by atoms with Crippen LogP contribution in [0.1, 0.15) is 18.9 Å². The highest BCUT2D eigenvalue weighted by molar-refractivity contribution is 8.13. The summed E-state index contributed by atoms with van der Waals surface area (Å²) in [7, 11) is 0. The molecule has 1 atom stereocenters. The number of cyclic esters (lactones) is 1. The van der Waals surface area contributed by atoms with Gasteiger partial charge < -0.3 is 15.4 Å². The molecule has 1 saturated heterocycles. The quantitative estimate of drug-likeness (QED) is 0.609. The van der Waals surface area contributed by atoms with Crippen LogP contribution in [0.5, 0.6) is 0 Å². The molecule has 4 amide bonds. The van der Waals surface area contributed by atoms with Gasteiger partial charge >= 0.3 is 6.09 Å². The van der Waals surface area contributed by atoms with Crippen LogP contribution in [0.15, 0.2) is 47.5 Å². The molecule has 0 saturated carbocycles. The molecule has 2 aliphatic rings. The van der Waals surface area contributed by atoms with Crippen LogP contribution in [-0.2, 0) is 24.9 Å². The van der Waals surface area contributed by atoms with Crippen molar-refractivity contribution in [2.24, 2.45) is 4.99 Å². The largest absolute Gasteiger partial charge is 0.442 e. The van der Waals surface area contributed by atoms with Crippen LogP contribution >= 0.6 is 11.8 Å². The summed E-state index contributed by atoms with van der Waals surface area (Å²) in [4.78, 5) is 51.1. The van der Waals surface area contributed by atoms with Crippen molar-refractivity contribution in [3.05, 3.63) is 53.8 Å². The molecule has 0 aromatic heterocycles. The number of benzene rings is 2. The van der Waals surface area contributed by atoms with Crippen molar-refractivity contribution in [2.45, 2.75) is 25.2 Å². The van der Waals surface area contributed by atoms with Crippen molar-refractivity contribution >= 4 is 46.4 Å². The highest BCUT2D eigenvalue weighted by Crippen LogP contribution is 2.29. The highest BCUT2D eigenvalue weighted by Gasteiger charge is 2.32. The van der Waals surface area contributed by atoms with Crippen LogP contribution in [0, 0.1) is 5.82 Å². The van der Waals surface area contributed by atoms with E-state index in [1.54, 1.807) is 24.3 Å². The standard InChI is InChI=1S/C23H21FN4O5S/c1-13(29)25-10-17-11-28(23(32)33-17)16-6-7-18(19(24)8-16)15-4-2-14(3-5-15)12-34-22-26-20(30)9-21(31)27-22/h2-8,17H,9-12H2,1H3,(H,25,29)(H,26,27,30,31)/t17-/m0/s1. The Morgan fingerprint density at radius 3 is 2.68 bits per heavy atom. The van der Waals surface area contributed by atoms with Crippen molar-refractivity contribution < 1.29 is 28.3 Å². The summed E-state index contributed by atoms with van der Waals surface area (Å²) in [6.45, 7) is 1.78. The van der Waals surface area contributed by atoms with E-state index in [2.05, 4.69) is 15.6 Å². The van der Waals surface area contributed by atoms with Gasteiger partial charge in [0.2, 0.25) is 11.8 Å². The highest BCUT2D eigenvalue weighted by atomic mass is 32.2. The van der Waals surface area contributed by atoms with Gasteiger partial charge in [-0.25, -0.2) is 9.18 Å². The second-order valence-corrected chi connectivity index (χ2v) is 8.70. The molecule has 2 aromatic carbocycles. The number of hydrogen-bond donors (Lipinski definition) is 2. The monoisotopic (exact) mass is 484 g/mol. The molecule has 0 unspecified atom stereocenters. The van der Waals surface area contributed by atoms with Gasteiger partial charge in [0.1, 0.15) is 18.3 Å². The van der Waals surface area contributed by atoms with Crippen LogP contribution in [0.2, 0.25) is 0 Å². The zero-order valence-corrected chi connectivity index (χ0v) is 19.0. The van der Waals surface area contributed by atoms with E-state index in [4.69, 9.17) is 4.74 Å². The number of anilines is 1. The minimum atomic E-state index is -0.593. The Labute approximate surface area is 198 Å². The van der Waals surface area contributed by atoms with Crippen LogP contribution in [0.25, 0.3) is 11.1 Å². The molecule has 11 heteroatoms. The lowest BCUT2D eigenvalue weighted by molar-refractivity contribution is -0.127. The lowest BCUT2D eigenvalue weighted by Gasteiger charge is -2.15. The Morgan fingerprint density at radius 2 is 2.00 bits per heavy atom. The van der Waals surface area contributed by atoms with E-state index < -0.39 is 23.9 Å². The second kappa shape index (κ2) is 10.0. The first-order valence-electron chi connectivity index (χ1n) is 10.4. The average molecular weight is 485 g/mol. The Balaban J connectivity index is 1.40. The fraction of sp³-hybridized carbons (Fsp3) is 0.261. The van der Waals surface area contributed by atoms with Gasteiger partial charge in [0, 0.05) is 18.2 Å². The van der Waals surface area contributed by atoms with Crippen molar-refractivity contribution in [1.29, 1.82) is 0 Å². The van der Waals surface area contributed by atoms with E-state index in [1.807, 2.05) is 12.1 Å². The molecule has 0 radical (unpaired) electrons. The Hall–Kier alpha value is -3.73. The van der Waals surface area contributed by atoms with Crippen LogP contribution in [0.4, 0.5) is 14.9 Å². The van der Waals surface area contributed by atoms with Crippen molar-refractivity contribution in [3.63, 3.8) is 0 Å². The summed E-state index contributed by atoms with van der Waals surface area (Å²) < 4.78 is 20.1. The molecule has 34 heavy (non-hydrogen) atoms. The maximum absolute atomic E-state index is 14.9. The van der Waals surface area contributed by atoms with Crippen LogP contribution in [-0.4, -0.2) is 48.2 Å². The van der Waals surface area contributed by atoms with E-state index >= 15 is 0 Å². The maximum Gasteiger partial charge on any atom is 0.414 e. The molecule has 2 heterocycles. The number of amidine groups is 1. The number of nitrogens with zero attached hydrogens (tertiary/aromatic N) is 2. The first kappa shape index (κ1) is 23.4. The number of thioether (sulfide) groups is 1. The summed E-state index contributed by atoms with van der Waals surface area (Å²) in [5, 5.41) is 5.43. The number of aliphatic imine (C=N–C) groups is 1. The zero-order chi connectivity index (χ0) is 24.2. The second-order valence-electron chi connectivity index (χ2n) is 7.74. The van der Waals surface area contributed by atoms with Gasteiger partial charge in [-0.15, -0.1) is 0 Å². The van der Waals surface area contributed by atoms with Crippen molar-refractivity contribution in [1.82, 2.24) is 10.6 Å². The molecule has 2 aliphatic heterocycles. The predicted molar refractivity (Wildman–Crippen MR) is 125 cm³/mol. The van der Waals surface area contributed by atoms with E-state index in [9.17, 15) is 23.6 Å². The summed E-state index contributed by atoms with van der Waals surface area (Å²) in [6.07, 6.45) is -1.33. The van der Waals surface area contributed by atoms with Crippen molar-refractivity contribution in [2.75, 3.05) is 18.0 Å². The van der Waals surface area contributed by atoms with Crippen molar-refractivity contribution in [3.8, 4) is 11.1 Å². The zero-order valence-electron chi connectivity index (χ0n) is 18.2. The number of halogens is 1. The van der Waals surface area contributed by atoms with E-state index in [-0.39, 0.29) is 36.5 Å². The molecule has 2 N–H and O–H groups in total. The van der Waals surface area contributed by atoms with Gasteiger partial charge in [0.25, 0.3) is 5.91 Å². The molecule has 0 aliphatic carbocycles. The first-order chi connectivity index (χ1) is 16.3. The normalized spacial score (nSPS) is 17.8. The number of carbonyl (C=O) groups is 4. The SMILES string of the molecule is CC(=O)NC[C@H]1CN(c2ccc(-c3ccc(CSC4=NC(=O)CC(=O)N4)cc3)c(F)c2)C(=O)O1. The summed E-state index contributed by atoms with van der Waals surface area (Å²) in [5.74, 6) is -1.08. The third-order valence-corrected chi connectivity index (χ3v) is 6.09. The molecule has 0 spiro atoms. The number of hydrogen-bond acceptors (Lipinski definition) is 6. The van der Waals surface area contributed by atoms with Crippen LogP contribution in [0.3, 0.4) is 0 Å². The Kier molecular flexibility index (Phi) is 6.92. The smallest absolute Gasteiger partial charge is 0.414 e. The lowest BCUT2D eigenvalue weighted by atomic mass is 10.0. The predicted octanol–water partition coefficient (Wildman–Crippen LogP) is 2.59. The molecule has 2 aromatic rings. The first-order valence-corrected chi connectivity index (χ1v) is 11.4.